The van der Waals surface area contributed by atoms with Gasteiger partial charge in [0, 0.05) is 23.3 Å². The van der Waals surface area contributed by atoms with Crippen molar-refractivity contribution < 1.29 is 14.3 Å². The fourth-order valence-electron chi connectivity index (χ4n) is 4.13. The van der Waals surface area contributed by atoms with E-state index in [1.165, 1.54) is 6.33 Å². The summed E-state index contributed by atoms with van der Waals surface area (Å²) in [6, 6.07) is 19.0. The molecule has 4 aromatic rings. The van der Waals surface area contributed by atoms with E-state index < -0.39 is 0 Å². The molecule has 0 aliphatic carbocycles. The highest BCUT2D eigenvalue weighted by Crippen LogP contribution is 2.41. The van der Waals surface area contributed by atoms with Crippen LogP contribution in [0.1, 0.15) is 5.56 Å². The summed E-state index contributed by atoms with van der Waals surface area (Å²) >= 11 is 5.95. The summed E-state index contributed by atoms with van der Waals surface area (Å²) in [7, 11) is 3.92. The Morgan fingerprint density at radius 2 is 1.89 bits per heavy atom. The van der Waals surface area contributed by atoms with Crippen molar-refractivity contribution in [3.63, 3.8) is 0 Å². The first kappa shape index (κ1) is 25.5. The second kappa shape index (κ2) is 11.5. The lowest BCUT2D eigenvalue weighted by Crippen LogP contribution is -2.37. The van der Waals surface area contributed by atoms with Gasteiger partial charge in [-0.15, -0.1) is 0 Å². The quantitative estimate of drug-likeness (QED) is 0.304. The predicted octanol–water partition coefficient (Wildman–Crippen LogP) is 5.45. The van der Waals surface area contributed by atoms with Crippen molar-refractivity contribution in [1.82, 2.24) is 14.9 Å². The average Bonchev–Trinajstić information content (AvgIpc) is 2.93. The summed E-state index contributed by atoms with van der Waals surface area (Å²) in [4.78, 5) is 25.6. The van der Waals surface area contributed by atoms with Crippen LogP contribution in [0.4, 0.5) is 17.2 Å². The molecule has 1 aromatic heterocycles. The molecule has 0 fully saturated rings. The van der Waals surface area contributed by atoms with Gasteiger partial charge in [0.25, 0.3) is 5.91 Å². The normalized spacial score (nSPS) is 13.0. The van der Waals surface area contributed by atoms with Crippen LogP contribution in [0.5, 0.6) is 11.5 Å². The van der Waals surface area contributed by atoms with E-state index in [1.807, 2.05) is 85.7 Å². The first-order valence-electron chi connectivity index (χ1n) is 12.3. The monoisotopic (exact) mass is 529 g/mol. The maximum atomic E-state index is 12.9. The Hall–Kier alpha value is -4.14. The average molecular weight is 530 g/mol. The Morgan fingerprint density at radius 3 is 2.66 bits per heavy atom. The fraction of sp³-hybridized carbons (Fsp3) is 0.207. The molecule has 1 amide bonds. The van der Waals surface area contributed by atoms with Crippen LogP contribution in [0.15, 0.2) is 79.1 Å². The number of fused-ring (bicyclic) bond motifs is 3. The summed E-state index contributed by atoms with van der Waals surface area (Å²) in [5, 5.41) is 4.79. The minimum atomic E-state index is -0.0868. The number of carbonyl (C=O) groups is 1. The standard InChI is InChI=1S/C29H28ClN5O3/c1-34(2)15-3-4-26(36)35-16-17-37-28-25(35)14-13-24-27(28)29(32-19-31-24)33-22-9-11-23(12-10-22)38-18-20-5-7-21(30)8-6-20/h3-14,19H,15-18H2,1-2H3,(H,31,32,33)/b4-3+. The summed E-state index contributed by atoms with van der Waals surface area (Å²) in [6.45, 7) is 1.99. The Morgan fingerprint density at radius 1 is 1.11 bits per heavy atom. The van der Waals surface area contributed by atoms with E-state index >= 15 is 0 Å². The Kier molecular flexibility index (Phi) is 7.72. The summed E-state index contributed by atoms with van der Waals surface area (Å²) in [6.07, 6.45) is 4.98. The molecule has 3 aromatic carbocycles. The van der Waals surface area contributed by atoms with Crippen LogP contribution in [-0.2, 0) is 11.4 Å². The lowest BCUT2D eigenvalue weighted by atomic mass is 10.1. The van der Waals surface area contributed by atoms with Crippen LogP contribution in [0.3, 0.4) is 0 Å². The van der Waals surface area contributed by atoms with Gasteiger partial charge in [-0.25, -0.2) is 9.97 Å². The molecule has 0 saturated carbocycles. The zero-order valence-electron chi connectivity index (χ0n) is 21.2. The van der Waals surface area contributed by atoms with E-state index in [-0.39, 0.29) is 5.91 Å². The molecule has 1 N–H and O–H groups in total. The lowest BCUT2D eigenvalue weighted by molar-refractivity contribution is -0.114. The van der Waals surface area contributed by atoms with Crippen LogP contribution in [0.2, 0.25) is 5.02 Å². The van der Waals surface area contributed by atoms with Gasteiger partial charge < -0.3 is 24.6 Å². The van der Waals surface area contributed by atoms with Crippen molar-refractivity contribution in [2.75, 3.05) is 44.0 Å². The van der Waals surface area contributed by atoms with Crippen LogP contribution >= 0.6 is 11.6 Å². The lowest BCUT2D eigenvalue weighted by Gasteiger charge is -2.30. The van der Waals surface area contributed by atoms with Crippen LogP contribution in [0, 0.1) is 0 Å². The van der Waals surface area contributed by atoms with E-state index in [0.717, 1.165) is 27.9 Å². The first-order chi connectivity index (χ1) is 18.5. The minimum Gasteiger partial charge on any atom is -0.489 e. The van der Waals surface area contributed by atoms with Gasteiger partial charge in [-0.3, -0.25) is 4.79 Å². The largest absolute Gasteiger partial charge is 0.489 e. The van der Waals surface area contributed by atoms with E-state index in [9.17, 15) is 4.79 Å². The maximum absolute atomic E-state index is 12.9. The topological polar surface area (TPSA) is 79.8 Å². The highest BCUT2D eigenvalue weighted by molar-refractivity contribution is 6.30. The number of rotatable bonds is 8. The predicted molar refractivity (Wildman–Crippen MR) is 151 cm³/mol. The third-order valence-electron chi connectivity index (χ3n) is 6.02. The molecule has 1 aliphatic heterocycles. The Labute approximate surface area is 226 Å². The Bertz CT molecular complexity index is 1460. The molecule has 194 valence electrons. The summed E-state index contributed by atoms with van der Waals surface area (Å²) < 4.78 is 12.0. The molecule has 9 heteroatoms. The van der Waals surface area contributed by atoms with Gasteiger partial charge in [0.2, 0.25) is 0 Å². The second-order valence-electron chi connectivity index (χ2n) is 9.10. The van der Waals surface area contributed by atoms with E-state index in [4.69, 9.17) is 21.1 Å². The highest BCUT2D eigenvalue weighted by Gasteiger charge is 2.26. The van der Waals surface area contributed by atoms with Crippen LogP contribution in [-0.4, -0.2) is 54.6 Å². The molecule has 0 bridgehead atoms. The van der Waals surface area contributed by atoms with Gasteiger partial charge in [0.15, 0.2) is 5.75 Å². The molecule has 0 radical (unpaired) electrons. The molecule has 0 atom stereocenters. The molecule has 8 nitrogen and oxygen atoms in total. The number of likely N-dealkylation sites (N-methyl/N-ethyl adjacent to an activating group) is 1. The summed E-state index contributed by atoms with van der Waals surface area (Å²) in [5.74, 6) is 1.85. The van der Waals surface area contributed by atoms with Gasteiger partial charge in [-0.1, -0.05) is 29.8 Å². The Balaban J connectivity index is 1.36. The van der Waals surface area contributed by atoms with E-state index in [2.05, 4.69) is 15.3 Å². The zero-order valence-corrected chi connectivity index (χ0v) is 22.0. The molecular weight excluding hydrogens is 502 g/mol. The molecule has 0 saturated heterocycles. The molecular formula is C29H28ClN5O3. The van der Waals surface area contributed by atoms with Crippen molar-refractivity contribution in [1.29, 1.82) is 0 Å². The molecule has 5 rings (SSSR count). The second-order valence-corrected chi connectivity index (χ2v) is 9.53. The number of aromatic nitrogens is 2. The van der Waals surface area contributed by atoms with Crippen molar-refractivity contribution in [2.45, 2.75) is 6.61 Å². The number of anilines is 3. The SMILES string of the molecule is CN(C)C/C=C/C(=O)N1CCOc2c1ccc1ncnc(Nc3ccc(OCc4ccc(Cl)cc4)cc3)c21. The third-order valence-corrected chi connectivity index (χ3v) is 6.27. The van der Waals surface area contributed by atoms with Crippen LogP contribution < -0.4 is 19.7 Å². The van der Waals surface area contributed by atoms with Crippen LogP contribution in [0.25, 0.3) is 10.9 Å². The number of hydrogen-bond donors (Lipinski definition) is 1. The maximum Gasteiger partial charge on any atom is 0.250 e. The van der Waals surface area contributed by atoms with E-state index in [0.29, 0.717) is 48.6 Å². The third kappa shape index (κ3) is 5.88. The number of amides is 1. The van der Waals surface area contributed by atoms with Crippen molar-refractivity contribution in [3.8, 4) is 11.5 Å². The number of ether oxygens (including phenoxy) is 2. The van der Waals surface area contributed by atoms with Gasteiger partial charge in [0.1, 0.15) is 31.1 Å². The molecule has 38 heavy (non-hydrogen) atoms. The summed E-state index contributed by atoms with van der Waals surface area (Å²) in [5.41, 5.74) is 3.29. The first-order valence-corrected chi connectivity index (χ1v) is 12.6. The van der Waals surface area contributed by atoms with Gasteiger partial charge in [-0.05, 0) is 68.2 Å². The zero-order chi connectivity index (χ0) is 26.5. The number of nitrogens with zero attached hydrogens (tertiary/aromatic N) is 4. The smallest absolute Gasteiger partial charge is 0.250 e. The van der Waals surface area contributed by atoms with Crippen molar-refractivity contribution in [2.24, 2.45) is 0 Å². The van der Waals surface area contributed by atoms with E-state index in [1.54, 1.807) is 11.0 Å². The van der Waals surface area contributed by atoms with Crippen molar-refractivity contribution >= 4 is 45.6 Å². The fourth-order valence-corrected chi connectivity index (χ4v) is 4.25. The number of benzene rings is 3. The van der Waals surface area contributed by atoms with Gasteiger partial charge in [-0.2, -0.15) is 0 Å². The highest BCUT2D eigenvalue weighted by atomic mass is 35.5. The molecule has 1 aliphatic rings. The number of carbonyl (C=O) groups excluding carboxylic acids is 1. The van der Waals surface area contributed by atoms with Crippen molar-refractivity contribution in [3.05, 3.63) is 89.7 Å². The number of nitrogens with one attached hydrogen (secondary N) is 1. The molecule has 2 heterocycles. The number of hydrogen-bond acceptors (Lipinski definition) is 7. The molecule has 0 unspecified atom stereocenters. The number of halogens is 1. The van der Waals surface area contributed by atoms with Gasteiger partial charge in [0.05, 0.1) is 23.1 Å². The van der Waals surface area contributed by atoms with Gasteiger partial charge >= 0.3 is 0 Å². The molecule has 0 spiro atoms. The minimum absolute atomic E-state index is 0.0868.